The van der Waals surface area contributed by atoms with Gasteiger partial charge in [0.25, 0.3) is 0 Å². The second-order valence-electron chi connectivity index (χ2n) is 8.62. The van der Waals surface area contributed by atoms with Crippen molar-refractivity contribution >= 4 is 54.1 Å². The van der Waals surface area contributed by atoms with Crippen molar-refractivity contribution in [3.8, 4) is 11.1 Å². The minimum absolute atomic E-state index is 0. The zero-order valence-corrected chi connectivity index (χ0v) is 21.2. The van der Waals surface area contributed by atoms with Crippen LogP contribution in [-0.2, 0) is 39.8 Å². The number of aromatic nitrogens is 1. The van der Waals surface area contributed by atoms with Crippen molar-refractivity contribution in [1.82, 2.24) is 4.57 Å². The molecule has 0 amide bonds. The van der Waals surface area contributed by atoms with Crippen LogP contribution in [0, 0.1) is 6.07 Å². The van der Waals surface area contributed by atoms with E-state index >= 15 is 0 Å². The molecule has 1 aromatic heterocycles. The van der Waals surface area contributed by atoms with Gasteiger partial charge in [0.2, 0.25) is 0 Å². The molecule has 0 aliphatic heterocycles. The molecule has 0 atom stereocenters. The Labute approximate surface area is 217 Å². The summed E-state index contributed by atoms with van der Waals surface area (Å²) in [5, 5.41) is 10.3. The number of rotatable bonds is 1. The van der Waals surface area contributed by atoms with Gasteiger partial charge in [0, 0.05) is 61.4 Å². The molecular formula is C31H20NY-. The first kappa shape index (κ1) is 20.6. The predicted molar refractivity (Wildman–Crippen MR) is 137 cm³/mol. The van der Waals surface area contributed by atoms with E-state index in [4.69, 9.17) is 0 Å². The van der Waals surface area contributed by atoms with Crippen LogP contribution in [0.1, 0.15) is 0 Å². The first-order chi connectivity index (χ1) is 15.8. The molecule has 1 nitrogen and oxygen atoms in total. The maximum Gasteiger partial charge on any atom is 0.0568 e. The summed E-state index contributed by atoms with van der Waals surface area (Å²) >= 11 is 0. The third-order valence-corrected chi connectivity index (χ3v) is 6.90. The topological polar surface area (TPSA) is 4.93 Å². The number of benzene rings is 6. The second kappa shape index (κ2) is 7.80. The van der Waals surface area contributed by atoms with Crippen LogP contribution in [0.5, 0.6) is 0 Å². The van der Waals surface area contributed by atoms with Crippen molar-refractivity contribution in [2.24, 2.45) is 7.05 Å². The van der Waals surface area contributed by atoms with E-state index in [2.05, 4.69) is 115 Å². The summed E-state index contributed by atoms with van der Waals surface area (Å²) < 4.78 is 2.33. The van der Waals surface area contributed by atoms with E-state index in [0.717, 1.165) is 0 Å². The van der Waals surface area contributed by atoms with Gasteiger partial charge in [-0.1, -0.05) is 60.7 Å². The van der Waals surface area contributed by atoms with Crippen LogP contribution in [0.3, 0.4) is 0 Å². The van der Waals surface area contributed by atoms with Crippen LogP contribution >= 0.6 is 0 Å². The standard InChI is InChI=1S/C31H20N.Y/c1-32-30-17-14-23(19-29(30)28-16-12-21-7-3-5-9-27(21)31(28)32)22-13-15-26-24(18-22)11-10-20-6-2-4-8-25(20)26;/h3-19H,1H3;/q-1;. The molecule has 1 radical (unpaired) electrons. The van der Waals surface area contributed by atoms with Gasteiger partial charge in [-0.3, -0.25) is 0 Å². The van der Waals surface area contributed by atoms with Gasteiger partial charge >= 0.3 is 0 Å². The number of aryl methyl sites for hydroxylation is 1. The Morgan fingerprint density at radius 3 is 2.24 bits per heavy atom. The number of hydrogen-bond acceptors (Lipinski definition) is 0. The molecule has 7 rings (SSSR count). The molecule has 0 unspecified atom stereocenters. The summed E-state index contributed by atoms with van der Waals surface area (Å²) in [4.78, 5) is 0. The summed E-state index contributed by atoms with van der Waals surface area (Å²) in [6, 6.07) is 40.6. The summed E-state index contributed by atoms with van der Waals surface area (Å²) in [7, 11) is 2.18. The van der Waals surface area contributed by atoms with E-state index in [1.807, 2.05) is 6.07 Å². The SMILES string of the molecule is Cn1c2ccc(-c3ccc4c(ccc5c[c-]ccc54)c3)cc2c2ccc3ccccc3c21.[Y]. The van der Waals surface area contributed by atoms with Crippen molar-refractivity contribution < 1.29 is 32.7 Å². The molecule has 153 valence electrons. The average Bonchev–Trinajstić information content (AvgIpc) is 3.15. The van der Waals surface area contributed by atoms with E-state index in [1.54, 1.807) is 0 Å². The first-order valence-corrected chi connectivity index (χ1v) is 11.0. The largest absolute Gasteiger partial charge is 0.343 e. The summed E-state index contributed by atoms with van der Waals surface area (Å²) in [6.07, 6.45) is 0. The number of nitrogens with zero attached hydrogens (tertiary/aromatic N) is 1. The van der Waals surface area contributed by atoms with Crippen LogP contribution in [0.15, 0.2) is 103 Å². The molecule has 2 heteroatoms. The van der Waals surface area contributed by atoms with Crippen molar-refractivity contribution in [2.75, 3.05) is 0 Å². The maximum atomic E-state index is 3.18. The van der Waals surface area contributed by atoms with E-state index < -0.39 is 0 Å². The van der Waals surface area contributed by atoms with E-state index in [9.17, 15) is 0 Å². The Balaban J connectivity index is 0.00000206. The maximum absolute atomic E-state index is 3.18. The second-order valence-corrected chi connectivity index (χ2v) is 8.62. The van der Waals surface area contributed by atoms with Crippen molar-refractivity contribution in [3.63, 3.8) is 0 Å². The third-order valence-electron chi connectivity index (χ3n) is 6.90. The molecule has 0 spiro atoms. The molecule has 6 aromatic carbocycles. The monoisotopic (exact) mass is 495 g/mol. The summed E-state index contributed by atoms with van der Waals surface area (Å²) in [5.41, 5.74) is 5.07. The van der Waals surface area contributed by atoms with E-state index in [1.165, 1.54) is 65.3 Å². The van der Waals surface area contributed by atoms with Gasteiger partial charge in [-0.2, -0.15) is 24.3 Å². The van der Waals surface area contributed by atoms with Crippen molar-refractivity contribution in [3.05, 3.63) is 109 Å². The summed E-state index contributed by atoms with van der Waals surface area (Å²) in [6.45, 7) is 0. The fourth-order valence-electron chi connectivity index (χ4n) is 5.31. The molecule has 0 fully saturated rings. The molecule has 7 aromatic rings. The Kier molecular flexibility index (Phi) is 4.87. The molecule has 1 heterocycles. The minimum atomic E-state index is 0. The predicted octanol–water partition coefficient (Wildman–Crippen LogP) is 8.26. The van der Waals surface area contributed by atoms with E-state index in [-0.39, 0.29) is 32.7 Å². The van der Waals surface area contributed by atoms with E-state index in [0.29, 0.717) is 0 Å². The zero-order chi connectivity index (χ0) is 21.2. The van der Waals surface area contributed by atoms with Gasteiger partial charge in [0.15, 0.2) is 0 Å². The van der Waals surface area contributed by atoms with Crippen LogP contribution in [0.25, 0.3) is 65.3 Å². The van der Waals surface area contributed by atoms with Crippen LogP contribution in [0.2, 0.25) is 0 Å². The normalized spacial score (nSPS) is 11.5. The molecule has 33 heavy (non-hydrogen) atoms. The van der Waals surface area contributed by atoms with Crippen LogP contribution < -0.4 is 0 Å². The van der Waals surface area contributed by atoms with Gasteiger partial charge in [0.05, 0.1) is 5.52 Å². The van der Waals surface area contributed by atoms with Crippen molar-refractivity contribution in [1.29, 1.82) is 0 Å². The zero-order valence-electron chi connectivity index (χ0n) is 18.3. The molecule has 0 bridgehead atoms. The quantitative estimate of drug-likeness (QED) is 0.160. The molecule has 0 N–H and O–H groups in total. The first-order valence-electron chi connectivity index (χ1n) is 11.0. The molecule has 0 aliphatic carbocycles. The Bertz CT molecular complexity index is 1840. The fraction of sp³-hybridized carbons (Fsp3) is 0.0323. The van der Waals surface area contributed by atoms with Gasteiger partial charge in [-0.25, -0.2) is 0 Å². The Morgan fingerprint density at radius 2 is 1.30 bits per heavy atom. The van der Waals surface area contributed by atoms with Crippen LogP contribution in [-0.4, -0.2) is 4.57 Å². The molecular weight excluding hydrogens is 475 g/mol. The average molecular weight is 495 g/mol. The van der Waals surface area contributed by atoms with Gasteiger partial charge in [-0.05, 0) is 45.5 Å². The van der Waals surface area contributed by atoms with Crippen LogP contribution in [0.4, 0.5) is 0 Å². The number of fused-ring (bicyclic) bond motifs is 8. The fourth-order valence-corrected chi connectivity index (χ4v) is 5.31. The van der Waals surface area contributed by atoms with Gasteiger partial charge < -0.3 is 4.57 Å². The Hall–Kier alpha value is -3.00. The number of hydrogen-bond donors (Lipinski definition) is 0. The molecule has 0 aliphatic rings. The minimum Gasteiger partial charge on any atom is -0.343 e. The van der Waals surface area contributed by atoms with Gasteiger partial charge in [0.1, 0.15) is 0 Å². The molecule has 0 saturated heterocycles. The van der Waals surface area contributed by atoms with Gasteiger partial charge in [-0.15, -0.1) is 16.8 Å². The smallest absolute Gasteiger partial charge is 0.0568 e. The summed E-state index contributed by atoms with van der Waals surface area (Å²) in [5.74, 6) is 0. The Morgan fingerprint density at radius 1 is 0.576 bits per heavy atom. The molecule has 0 saturated carbocycles. The van der Waals surface area contributed by atoms with Crippen molar-refractivity contribution in [2.45, 2.75) is 0 Å². The third kappa shape index (κ3) is 3.07.